The maximum atomic E-state index is 11.5. The molecular weight excluding hydrogens is 218 g/mol. The molecule has 0 atom stereocenters. The molecule has 0 saturated carbocycles. The third kappa shape index (κ3) is 3.05. The highest BCUT2D eigenvalue weighted by molar-refractivity contribution is 5.92. The van der Waals surface area contributed by atoms with Gasteiger partial charge in [0.2, 0.25) is 5.91 Å². The summed E-state index contributed by atoms with van der Waals surface area (Å²) in [6.45, 7) is 5.00. The fraction of sp³-hybridized carbons (Fsp3) is 0.462. The lowest BCUT2D eigenvalue weighted by molar-refractivity contribution is -0.118. The van der Waals surface area contributed by atoms with Crippen molar-refractivity contribution in [2.75, 3.05) is 18.5 Å². The minimum Gasteiger partial charge on any atom is -0.346 e. The van der Waals surface area contributed by atoms with Crippen LogP contribution in [0.25, 0.3) is 0 Å². The number of amides is 1. The minimum absolute atomic E-state index is 0.0174. The van der Waals surface area contributed by atoms with Crippen molar-refractivity contribution in [1.82, 2.24) is 0 Å². The molecule has 1 aliphatic rings. The van der Waals surface area contributed by atoms with Crippen molar-refractivity contribution in [3.63, 3.8) is 0 Å². The van der Waals surface area contributed by atoms with E-state index in [1.807, 2.05) is 38.1 Å². The average Bonchev–Trinajstić information content (AvgIpc) is 2.83. The standard InChI is InChI=1S/C13H17NO3/c1-9(2)12(15)14-11-5-3-10(4-6-11)13-16-7-8-17-13/h3-6,9,13H,7-8H2,1-2H3,(H,14,15). The van der Waals surface area contributed by atoms with Gasteiger partial charge in [0.15, 0.2) is 6.29 Å². The predicted octanol–water partition coefficient (Wildman–Crippen LogP) is 2.33. The van der Waals surface area contributed by atoms with Crippen LogP contribution in [-0.4, -0.2) is 19.1 Å². The van der Waals surface area contributed by atoms with E-state index in [4.69, 9.17) is 9.47 Å². The molecule has 92 valence electrons. The molecule has 0 radical (unpaired) electrons. The first kappa shape index (κ1) is 12.1. The first-order valence-corrected chi connectivity index (χ1v) is 5.81. The van der Waals surface area contributed by atoms with Crippen LogP contribution < -0.4 is 5.32 Å². The summed E-state index contributed by atoms with van der Waals surface area (Å²) in [5.41, 5.74) is 1.77. The summed E-state index contributed by atoms with van der Waals surface area (Å²) in [6, 6.07) is 7.54. The molecule has 17 heavy (non-hydrogen) atoms. The zero-order valence-electron chi connectivity index (χ0n) is 10.1. The number of ether oxygens (including phenoxy) is 2. The Kier molecular flexibility index (Phi) is 3.76. The van der Waals surface area contributed by atoms with E-state index in [-0.39, 0.29) is 18.1 Å². The van der Waals surface area contributed by atoms with Crippen LogP contribution in [0, 0.1) is 5.92 Å². The van der Waals surface area contributed by atoms with Gasteiger partial charge in [-0.3, -0.25) is 4.79 Å². The SMILES string of the molecule is CC(C)C(=O)Nc1ccc(C2OCCO2)cc1. The molecule has 1 heterocycles. The summed E-state index contributed by atoms with van der Waals surface area (Å²) in [5, 5.41) is 2.84. The largest absolute Gasteiger partial charge is 0.346 e. The maximum absolute atomic E-state index is 11.5. The summed E-state index contributed by atoms with van der Waals surface area (Å²) in [6.07, 6.45) is -0.259. The van der Waals surface area contributed by atoms with Crippen LogP contribution in [0.15, 0.2) is 24.3 Å². The molecule has 2 rings (SSSR count). The molecule has 4 nitrogen and oxygen atoms in total. The van der Waals surface area contributed by atoms with E-state index in [2.05, 4.69) is 5.32 Å². The molecule has 1 saturated heterocycles. The topological polar surface area (TPSA) is 47.6 Å². The quantitative estimate of drug-likeness (QED) is 0.874. The van der Waals surface area contributed by atoms with Gasteiger partial charge in [0.05, 0.1) is 13.2 Å². The van der Waals surface area contributed by atoms with Gasteiger partial charge in [-0.2, -0.15) is 0 Å². The van der Waals surface area contributed by atoms with Crippen molar-refractivity contribution in [2.24, 2.45) is 5.92 Å². The second-order valence-corrected chi connectivity index (χ2v) is 4.34. The fourth-order valence-electron chi connectivity index (χ4n) is 1.56. The van der Waals surface area contributed by atoms with Gasteiger partial charge < -0.3 is 14.8 Å². The van der Waals surface area contributed by atoms with Crippen molar-refractivity contribution in [1.29, 1.82) is 0 Å². The van der Waals surface area contributed by atoms with E-state index in [1.165, 1.54) is 0 Å². The maximum Gasteiger partial charge on any atom is 0.226 e. The predicted molar refractivity (Wildman–Crippen MR) is 64.6 cm³/mol. The van der Waals surface area contributed by atoms with Crippen molar-refractivity contribution in [3.05, 3.63) is 29.8 Å². The lowest BCUT2D eigenvalue weighted by atomic mass is 10.1. The van der Waals surface area contributed by atoms with E-state index in [9.17, 15) is 4.79 Å². The van der Waals surface area contributed by atoms with Crippen molar-refractivity contribution in [3.8, 4) is 0 Å². The summed E-state index contributed by atoms with van der Waals surface area (Å²) >= 11 is 0. The van der Waals surface area contributed by atoms with Gasteiger partial charge in [-0.15, -0.1) is 0 Å². The number of benzene rings is 1. The van der Waals surface area contributed by atoms with E-state index < -0.39 is 0 Å². The molecule has 0 aliphatic carbocycles. The molecule has 1 amide bonds. The second kappa shape index (κ2) is 5.29. The lowest BCUT2D eigenvalue weighted by Gasteiger charge is -2.11. The minimum atomic E-state index is -0.259. The van der Waals surface area contributed by atoms with Crippen molar-refractivity contribution in [2.45, 2.75) is 20.1 Å². The highest BCUT2D eigenvalue weighted by Crippen LogP contribution is 2.24. The first-order valence-electron chi connectivity index (χ1n) is 5.81. The zero-order chi connectivity index (χ0) is 12.3. The van der Waals surface area contributed by atoms with Gasteiger partial charge in [0.1, 0.15) is 0 Å². The first-order chi connectivity index (χ1) is 8.16. The number of hydrogen-bond acceptors (Lipinski definition) is 3. The molecule has 1 aromatic rings. The van der Waals surface area contributed by atoms with Gasteiger partial charge >= 0.3 is 0 Å². The molecule has 1 aliphatic heterocycles. The van der Waals surface area contributed by atoms with E-state index in [0.717, 1.165) is 11.3 Å². The van der Waals surface area contributed by atoms with Gasteiger partial charge in [0.25, 0.3) is 0 Å². The highest BCUT2D eigenvalue weighted by Gasteiger charge is 2.17. The Morgan fingerprint density at radius 2 is 1.82 bits per heavy atom. The molecule has 4 heteroatoms. The number of hydrogen-bond donors (Lipinski definition) is 1. The van der Waals surface area contributed by atoms with Crippen LogP contribution in [0.2, 0.25) is 0 Å². The molecule has 1 fully saturated rings. The number of nitrogens with one attached hydrogen (secondary N) is 1. The molecule has 1 N–H and O–H groups in total. The Morgan fingerprint density at radius 1 is 1.24 bits per heavy atom. The summed E-state index contributed by atoms with van der Waals surface area (Å²) in [4.78, 5) is 11.5. The smallest absolute Gasteiger partial charge is 0.226 e. The number of anilines is 1. The summed E-state index contributed by atoms with van der Waals surface area (Å²) in [5.74, 6) is 0.00212. The van der Waals surface area contributed by atoms with Crippen LogP contribution in [0.3, 0.4) is 0 Å². The lowest BCUT2D eigenvalue weighted by Crippen LogP contribution is -2.17. The Labute approximate surface area is 101 Å². The Bertz CT molecular complexity index is 380. The van der Waals surface area contributed by atoms with Gasteiger partial charge in [-0.05, 0) is 12.1 Å². The molecular formula is C13H17NO3. The third-order valence-corrected chi connectivity index (χ3v) is 2.60. The van der Waals surface area contributed by atoms with E-state index in [1.54, 1.807) is 0 Å². The Morgan fingerprint density at radius 3 is 2.35 bits per heavy atom. The Balaban J connectivity index is 2.00. The molecule has 0 aromatic heterocycles. The number of carbonyl (C=O) groups excluding carboxylic acids is 1. The number of rotatable bonds is 3. The third-order valence-electron chi connectivity index (χ3n) is 2.60. The Hall–Kier alpha value is -1.39. The molecule has 0 unspecified atom stereocenters. The molecule has 0 spiro atoms. The van der Waals surface area contributed by atoms with E-state index >= 15 is 0 Å². The normalized spacial score (nSPS) is 16.4. The molecule has 1 aromatic carbocycles. The summed E-state index contributed by atoms with van der Waals surface area (Å²) < 4.78 is 10.8. The van der Waals surface area contributed by atoms with Crippen LogP contribution in [-0.2, 0) is 14.3 Å². The van der Waals surface area contributed by atoms with Crippen molar-refractivity contribution < 1.29 is 14.3 Å². The van der Waals surface area contributed by atoms with Crippen molar-refractivity contribution >= 4 is 11.6 Å². The van der Waals surface area contributed by atoms with E-state index in [0.29, 0.717) is 13.2 Å². The average molecular weight is 235 g/mol. The monoisotopic (exact) mass is 235 g/mol. The van der Waals surface area contributed by atoms with Gasteiger partial charge in [0, 0.05) is 17.2 Å². The second-order valence-electron chi connectivity index (χ2n) is 4.34. The fourth-order valence-corrected chi connectivity index (χ4v) is 1.56. The van der Waals surface area contributed by atoms with Crippen LogP contribution in [0.4, 0.5) is 5.69 Å². The van der Waals surface area contributed by atoms with Crippen LogP contribution in [0.5, 0.6) is 0 Å². The highest BCUT2D eigenvalue weighted by atomic mass is 16.7. The van der Waals surface area contributed by atoms with Crippen LogP contribution >= 0.6 is 0 Å². The molecule has 0 bridgehead atoms. The van der Waals surface area contributed by atoms with Crippen LogP contribution in [0.1, 0.15) is 25.7 Å². The summed E-state index contributed by atoms with van der Waals surface area (Å²) in [7, 11) is 0. The zero-order valence-corrected chi connectivity index (χ0v) is 10.1. The van der Waals surface area contributed by atoms with Gasteiger partial charge in [-0.25, -0.2) is 0 Å². The van der Waals surface area contributed by atoms with Gasteiger partial charge in [-0.1, -0.05) is 26.0 Å². The number of carbonyl (C=O) groups is 1.